The first-order valence-corrected chi connectivity index (χ1v) is 10.4. The first-order chi connectivity index (χ1) is 14.6. The van der Waals surface area contributed by atoms with Gasteiger partial charge < -0.3 is 10.2 Å². The number of anilines is 2. The van der Waals surface area contributed by atoms with Gasteiger partial charge in [-0.05, 0) is 25.1 Å². The molecule has 0 saturated heterocycles. The van der Waals surface area contributed by atoms with Crippen molar-refractivity contribution in [3.05, 3.63) is 72.9 Å². The van der Waals surface area contributed by atoms with Gasteiger partial charge in [0.1, 0.15) is 5.84 Å². The number of thiazole rings is 1. The van der Waals surface area contributed by atoms with Gasteiger partial charge >= 0.3 is 0 Å². The minimum Gasteiger partial charge on any atom is -0.366 e. The van der Waals surface area contributed by atoms with Crippen LogP contribution in [0.4, 0.5) is 16.8 Å². The van der Waals surface area contributed by atoms with Gasteiger partial charge in [0.15, 0.2) is 0 Å². The van der Waals surface area contributed by atoms with Gasteiger partial charge in [-0.1, -0.05) is 59.9 Å². The predicted octanol–water partition coefficient (Wildman–Crippen LogP) is 5.62. The summed E-state index contributed by atoms with van der Waals surface area (Å²) in [7, 11) is 3.94. The van der Waals surface area contributed by atoms with Crippen molar-refractivity contribution in [1.82, 2.24) is 19.9 Å². The lowest BCUT2D eigenvalue weighted by molar-refractivity contribution is 0.619. The van der Waals surface area contributed by atoms with Crippen molar-refractivity contribution in [2.24, 2.45) is 4.99 Å². The van der Waals surface area contributed by atoms with Gasteiger partial charge in [0.05, 0.1) is 16.3 Å². The molecule has 2 aromatic heterocycles. The highest BCUT2D eigenvalue weighted by atomic mass is 32.1. The average Bonchev–Trinajstić information content (AvgIpc) is 3.19. The number of nitrogens with zero attached hydrogens (tertiary/aromatic N) is 5. The lowest BCUT2D eigenvalue weighted by atomic mass is 10.1. The van der Waals surface area contributed by atoms with E-state index in [0.717, 1.165) is 33.4 Å². The van der Waals surface area contributed by atoms with Crippen LogP contribution in [0.25, 0.3) is 21.8 Å². The van der Waals surface area contributed by atoms with Crippen LogP contribution in [0.1, 0.15) is 6.92 Å². The molecule has 2 heterocycles. The third kappa shape index (κ3) is 4.52. The maximum atomic E-state index is 4.82. The topological polar surface area (TPSA) is 66.3 Å². The molecule has 0 spiro atoms. The van der Waals surface area contributed by atoms with E-state index < -0.39 is 0 Å². The Morgan fingerprint density at radius 2 is 1.63 bits per heavy atom. The van der Waals surface area contributed by atoms with Crippen LogP contribution in [0, 0.1) is 0 Å². The van der Waals surface area contributed by atoms with Crippen molar-refractivity contribution in [2.45, 2.75) is 6.92 Å². The first-order valence-electron chi connectivity index (χ1n) is 9.54. The third-order valence-corrected chi connectivity index (χ3v) is 5.46. The third-order valence-electron chi connectivity index (χ3n) is 4.49. The maximum absolute atomic E-state index is 4.82. The van der Waals surface area contributed by atoms with Crippen LogP contribution in [0.3, 0.4) is 0 Å². The van der Waals surface area contributed by atoms with Crippen LogP contribution in [0.15, 0.2) is 77.9 Å². The number of benzene rings is 2. The highest BCUT2D eigenvalue weighted by molar-refractivity contribution is 7.19. The molecule has 1 N–H and O–H groups in total. The normalized spacial score (nSPS) is 11.4. The molecule has 2 aromatic carbocycles. The Kier molecular flexibility index (Phi) is 5.81. The number of aliphatic imine (C=N–C) groups is 1. The second-order valence-electron chi connectivity index (χ2n) is 6.85. The molecular formula is C23H22N6S. The van der Waals surface area contributed by atoms with Gasteiger partial charge in [-0.2, -0.15) is 0 Å². The van der Waals surface area contributed by atoms with E-state index in [1.807, 2.05) is 80.5 Å². The summed E-state index contributed by atoms with van der Waals surface area (Å²) in [5.41, 5.74) is 3.65. The number of para-hydroxylation sites is 1. The van der Waals surface area contributed by atoms with Crippen molar-refractivity contribution in [2.75, 3.05) is 19.4 Å². The largest absolute Gasteiger partial charge is 0.366 e. The number of aromatic nitrogens is 3. The fourth-order valence-electron chi connectivity index (χ4n) is 2.76. The zero-order chi connectivity index (χ0) is 20.9. The summed E-state index contributed by atoms with van der Waals surface area (Å²) in [6.45, 7) is 1.97. The van der Waals surface area contributed by atoms with Crippen LogP contribution < -0.4 is 5.32 Å². The Labute approximate surface area is 180 Å². The van der Waals surface area contributed by atoms with Gasteiger partial charge in [-0.3, -0.25) is 0 Å². The van der Waals surface area contributed by atoms with Crippen LogP contribution in [0.5, 0.6) is 0 Å². The Morgan fingerprint density at radius 3 is 2.33 bits per heavy atom. The van der Waals surface area contributed by atoms with E-state index in [1.165, 1.54) is 11.3 Å². The highest BCUT2D eigenvalue weighted by Gasteiger charge is 2.17. The molecule has 0 amide bonds. The summed E-state index contributed by atoms with van der Waals surface area (Å²) in [5.74, 6) is 1.43. The molecular weight excluding hydrogens is 392 g/mol. The zero-order valence-corrected chi connectivity index (χ0v) is 17.9. The fourth-order valence-corrected chi connectivity index (χ4v) is 3.73. The maximum Gasteiger partial charge on any atom is 0.227 e. The molecule has 0 aliphatic heterocycles. The molecule has 0 atom stereocenters. The Hall–Kier alpha value is -3.58. The van der Waals surface area contributed by atoms with E-state index in [1.54, 1.807) is 6.20 Å². The van der Waals surface area contributed by atoms with Gasteiger partial charge in [0.2, 0.25) is 11.1 Å². The molecule has 150 valence electrons. The number of amidine groups is 1. The minimum absolute atomic E-state index is 0.542. The number of hydrogen-bond donors (Lipinski definition) is 1. The molecule has 4 rings (SSSR count). The molecule has 4 aromatic rings. The first kappa shape index (κ1) is 19.7. The molecule has 0 bridgehead atoms. The van der Waals surface area contributed by atoms with Crippen molar-refractivity contribution < 1.29 is 0 Å². The smallest absolute Gasteiger partial charge is 0.227 e. The Morgan fingerprint density at radius 1 is 0.933 bits per heavy atom. The average molecular weight is 415 g/mol. The number of nitrogens with one attached hydrogen (secondary N) is 1. The summed E-state index contributed by atoms with van der Waals surface area (Å²) in [6.07, 6.45) is 1.76. The fraction of sp³-hybridized carbons (Fsp3) is 0.130. The SMILES string of the molecule is CC(=Nc1nc(-c2ccccc2)c(-c2ccnc(Nc3ccccc3)n2)s1)N(C)C. The highest BCUT2D eigenvalue weighted by Crippen LogP contribution is 2.39. The number of rotatable bonds is 5. The van der Waals surface area contributed by atoms with E-state index in [2.05, 4.69) is 27.4 Å². The Bertz CT molecular complexity index is 1150. The summed E-state index contributed by atoms with van der Waals surface area (Å²) >= 11 is 1.52. The van der Waals surface area contributed by atoms with E-state index in [0.29, 0.717) is 11.1 Å². The van der Waals surface area contributed by atoms with Crippen molar-refractivity contribution in [3.8, 4) is 21.8 Å². The van der Waals surface area contributed by atoms with Crippen LogP contribution in [0.2, 0.25) is 0 Å². The summed E-state index contributed by atoms with van der Waals surface area (Å²) < 4.78 is 0. The van der Waals surface area contributed by atoms with E-state index >= 15 is 0 Å². The number of hydrogen-bond acceptors (Lipinski definition) is 6. The second-order valence-corrected chi connectivity index (χ2v) is 7.83. The van der Waals surface area contributed by atoms with Crippen molar-refractivity contribution in [1.29, 1.82) is 0 Å². The Balaban J connectivity index is 1.77. The minimum atomic E-state index is 0.542. The molecule has 0 saturated carbocycles. The molecule has 0 unspecified atom stereocenters. The zero-order valence-electron chi connectivity index (χ0n) is 17.1. The molecule has 6 nitrogen and oxygen atoms in total. The summed E-state index contributed by atoms with van der Waals surface area (Å²) in [4.78, 5) is 21.5. The monoisotopic (exact) mass is 414 g/mol. The van der Waals surface area contributed by atoms with Crippen LogP contribution in [-0.2, 0) is 0 Å². The molecule has 0 fully saturated rings. The van der Waals surface area contributed by atoms with Crippen molar-refractivity contribution >= 4 is 33.9 Å². The molecule has 30 heavy (non-hydrogen) atoms. The van der Waals surface area contributed by atoms with Gasteiger partial charge in [-0.15, -0.1) is 0 Å². The van der Waals surface area contributed by atoms with E-state index in [9.17, 15) is 0 Å². The quantitative estimate of drug-likeness (QED) is 0.339. The van der Waals surface area contributed by atoms with Gasteiger partial charge in [0, 0.05) is 31.5 Å². The van der Waals surface area contributed by atoms with Gasteiger partial charge in [0.25, 0.3) is 0 Å². The molecule has 0 aliphatic rings. The molecule has 0 radical (unpaired) electrons. The molecule has 7 heteroatoms. The summed E-state index contributed by atoms with van der Waals surface area (Å²) in [5, 5.41) is 3.96. The lowest BCUT2D eigenvalue weighted by Gasteiger charge is -2.09. The predicted molar refractivity (Wildman–Crippen MR) is 125 cm³/mol. The van der Waals surface area contributed by atoms with Crippen molar-refractivity contribution in [3.63, 3.8) is 0 Å². The second kappa shape index (κ2) is 8.84. The van der Waals surface area contributed by atoms with Gasteiger partial charge in [-0.25, -0.2) is 19.9 Å². The van der Waals surface area contributed by atoms with Crippen LogP contribution >= 0.6 is 11.3 Å². The van der Waals surface area contributed by atoms with Crippen LogP contribution in [-0.4, -0.2) is 39.8 Å². The summed E-state index contributed by atoms with van der Waals surface area (Å²) in [6, 6.07) is 21.9. The molecule has 0 aliphatic carbocycles. The lowest BCUT2D eigenvalue weighted by Crippen LogP contribution is -2.17. The standard InChI is InChI=1S/C23H22N6S/c1-16(29(2)3)25-23-28-20(17-10-6-4-7-11-17)21(30-23)19-14-15-24-22(27-19)26-18-12-8-5-9-13-18/h4-15H,1-3H3,(H,24,26,27). The van der Waals surface area contributed by atoms with E-state index in [4.69, 9.17) is 9.97 Å². The van der Waals surface area contributed by atoms with E-state index in [-0.39, 0.29) is 0 Å².